The predicted molar refractivity (Wildman–Crippen MR) is 174 cm³/mol. The minimum atomic E-state index is -4.05. The number of amides is 1. The summed E-state index contributed by atoms with van der Waals surface area (Å²) >= 11 is 9.75. The van der Waals surface area contributed by atoms with E-state index in [1.54, 1.807) is 42.5 Å². The van der Waals surface area contributed by atoms with Gasteiger partial charge in [0.25, 0.3) is 15.9 Å². The average molecular weight is 685 g/mol. The van der Waals surface area contributed by atoms with Crippen molar-refractivity contribution in [2.75, 3.05) is 18.0 Å². The number of sulfonamides is 1. The van der Waals surface area contributed by atoms with Crippen molar-refractivity contribution in [2.45, 2.75) is 32.3 Å². The number of halogens is 2. The maximum absolute atomic E-state index is 13.7. The van der Waals surface area contributed by atoms with E-state index in [1.807, 2.05) is 45.0 Å². The Hall–Kier alpha value is -3.86. The SMILES string of the molecule is COc1cc(/C=N\NC(=O)CN(c2cc(C)cc(C)c2)S(=O)(=O)c2ccc(C)cc2)cc(Br)c1OCc1ccccc1Cl. The molecular formula is C32H31BrClN3O5S. The first-order chi connectivity index (χ1) is 20.5. The zero-order valence-electron chi connectivity index (χ0n) is 24.1. The van der Waals surface area contributed by atoms with Crippen molar-refractivity contribution in [1.82, 2.24) is 5.43 Å². The van der Waals surface area contributed by atoms with Crippen LogP contribution in [0, 0.1) is 20.8 Å². The van der Waals surface area contributed by atoms with E-state index in [0.717, 1.165) is 26.6 Å². The molecule has 0 heterocycles. The van der Waals surface area contributed by atoms with Gasteiger partial charge in [-0.15, -0.1) is 0 Å². The summed E-state index contributed by atoms with van der Waals surface area (Å²) in [6.45, 7) is 5.38. The number of methoxy groups -OCH3 is 1. The fourth-order valence-electron chi connectivity index (χ4n) is 4.31. The van der Waals surface area contributed by atoms with Gasteiger partial charge >= 0.3 is 0 Å². The Kier molecular flexibility index (Phi) is 10.5. The fourth-order valence-corrected chi connectivity index (χ4v) is 6.48. The number of carbonyl (C=O) groups is 1. The number of hydrogen-bond acceptors (Lipinski definition) is 6. The van der Waals surface area contributed by atoms with Gasteiger partial charge in [0.05, 0.1) is 28.4 Å². The molecule has 0 aliphatic carbocycles. The van der Waals surface area contributed by atoms with E-state index in [1.165, 1.54) is 25.5 Å². The van der Waals surface area contributed by atoms with Crippen LogP contribution < -0.4 is 19.2 Å². The highest BCUT2D eigenvalue weighted by Gasteiger charge is 2.27. The van der Waals surface area contributed by atoms with Crippen LogP contribution in [0.5, 0.6) is 11.5 Å². The maximum atomic E-state index is 13.7. The molecule has 4 aromatic carbocycles. The Bertz CT molecular complexity index is 1740. The number of aryl methyl sites for hydroxylation is 3. The highest BCUT2D eigenvalue weighted by atomic mass is 79.9. The molecule has 0 saturated heterocycles. The fraction of sp³-hybridized carbons (Fsp3) is 0.188. The van der Waals surface area contributed by atoms with Crippen molar-refractivity contribution < 1.29 is 22.7 Å². The monoisotopic (exact) mass is 683 g/mol. The largest absolute Gasteiger partial charge is 0.493 e. The van der Waals surface area contributed by atoms with Gasteiger partial charge in [-0.3, -0.25) is 9.10 Å². The van der Waals surface area contributed by atoms with E-state index in [2.05, 4.69) is 26.5 Å². The molecule has 0 radical (unpaired) electrons. The lowest BCUT2D eigenvalue weighted by Gasteiger charge is -2.24. The molecule has 4 rings (SSSR count). The highest BCUT2D eigenvalue weighted by Crippen LogP contribution is 2.37. The summed E-state index contributed by atoms with van der Waals surface area (Å²) in [6.07, 6.45) is 1.43. The number of hydrogen-bond donors (Lipinski definition) is 1. The number of nitrogens with one attached hydrogen (secondary N) is 1. The third kappa shape index (κ3) is 8.16. The lowest BCUT2D eigenvalue weighted by atomic mass is 10.1. The van der Waals surface area contributed by atoms with Gasteiger partial charge in [0, 0.05) is 10.6 Å². The molecule has 0 aliphatic heterocycles. The number of ether oxygens (including phenoxy) is 2. The molecular weight excluding hydrogens is 654 g/mol. The molecule has 43 heavy (non-hydrogen) atoms. The molecule has 1 amide bonds. The summed E-state index contributed by atoms with van der Waals surface area (Å²) in [6, 6.07) is 22.7. The van der Waals surface area contributed by atoms with Crippen molar-refractivity contribution in [3.05, 3.63) is 116 Å². The first kappa shape index (κ1) is 32.1. The molecule has 0 aliphatic rings. The summed E-state index contributed by atoms with van der Waals surface area (Å²) in [5.41, 5.74) is 6.92. The molecule has 0 spiro atoms. The first-order valence-electron chi connectivity index (χ1n) is 13.2. The molecule has 0 saturated carbocycles. The second-order valence-electron chi connectivity index (χ2n) is 9.88. The van der Waals surface area contributed by atoms with Crippen molar-refractivity contribution in [3.63, 3.8) is 0 Å². The molecule has 0 bridgehead atoms. The molecule has 0 aromatic heterocycles. The predicted octanol–water partition coefficient (Wildman–Crippen LogP) is 6.96. The van der Waals surface area contributed by atoms with Crippen LogP contribution in [0.3, 0.4) is 0 Å². The van der Waals surface area contributed by atoms with E-state index in [4.69, 9.17) is 21.1 Å². The number of benzene rings is 4. The Morgan fingerprint density at radius 1 is 0.977 bits per heavy atom. The van der Waals surface area contributed by atoms with Gasteiger partial charge in [-0.1, -0.05) is 53.6 Å². The summed E-state index contributed by atoms with van der Waals surface area (Å²) in [7, 11) is -2.53. The summed E-state index contributed by atoms with van der Waals surface area (Å²) in [5.74, 6) is 0.310. The van der Waals surface area contributed by atoms with Crippen molar-refractivity contribution in [1.29, 1.82) is 0 Å². The van der Waals surface area contributed by atoms with Crippen LogP contribution in [0.2, 0.25) is 5.02 Å². The highest BCUT2D eigenvalue weighted by molar-refractivity contribution is 9.10. The molecule has 4 aromatic rings. The summed E-state index contributed by atoms with van der Waals surface area (Å²) < 4.78 is 40.5. The third-order valence-corrected chi connectivity index (χ3v) is 9.12. The van der Waals surface area contributed by atoms with Gasteiger partial charge in [0.1, 0.15) is 13.2 Å². The van der Waals surface area contributed by atoms with Gasteiger partial charge in [0.2, 0.25) is 0 Å². The molecule has 0 fully saturated rings. The van der Waals surface area contributed by atoms with Crippen LogP contribution in [-0.4, -0.2) is 34.2 Å². The lowest BCUT2D eigenvalue weighted by molar-refractivity contribution is -0.119. The van der Waals surface area contributed by atoms with Crippen LogP contribution in [-0.2, 0) is 21.4 Å². The molecule has 1 N–H and O–H groups in total. The van der Waals surface area contributed by atoms with Crippen molar-refractivity contribution in [2.24, 2.45) is 5.10 Å². The molecule has 0 unspecified atom stereocenters. The Morgan fingerprint density at radius 2 is 1.65 bits per heavy atom. The van der Waals surface area contributed by atoms with E-state index in [9.17, 15) is 13.2 Å². The smallest absolute Gasteiger partial charge is 0.264 e. The number of carbonyl (C=O) groups excluding carboxylic acids is 1. The van der Waals surface area contributed by atoms with E-state index >= 15 is 0 Å². The summed E-state index contributed by atoms with van der Waals surface area (Å²) in [5, 5.41) is 4.66. The van der Waals surface area contributed by atoms with E-state index in [-0.39, 0.29) is 11.5 Å². The van der Waals surface area contributed by atoms with Crippen LogP contribution in [0.1, 0.15) is 27.8 Å². The van der Waals surface area contributed by atoms with Crippen LogP contribution in [0.4, 0.5) is 5.69 Å². The maximum Gasteiger partial charge on any atom is 0.264 e. The second kappa shape index (κ2) is 14.1. The average Bonchev–Trinajstić information content (AvgIpc) is 2.95. The zero-order chi connectivity index (χ0) is 31.1. The minimum Gasteiger partial charge on any atom is -0.493 e. The van der Waals surface area contributed by atoms with Gasteiger partial charge < -0.3 is 9.47 Å². The number of anilines is 1. The topological polar surface area (TPSA) is 97.3 Å². The second-order valence-corrected chi connectivity index (χ2v) is 13.0. The number of rotatable bonds is 11. The number of hydrazone groups is 1. The van der Waals surface area contributed by atoms with Crippen molar-refractivity contribution in [3.8, 4) is 11.5 Å². The normalized spacial score (nSPS) is 11.4. The summed E-state index contributed by atoms with van der Waals surface area (Å²) in [4.78, 5) is 13.1. The first-order valence-corrected chi connectivity index (χ1v) is 15.8. The van der Waals surface area contributed by atoms with Gasteiger partial charge in [-0.05, 0) is 95.9 Å². The Balaban J connectivity index is 1.51. The molecule has 0 atom stereocenters. The molecule has 11 heteroatoms. The number of nitrogens with zero attached hydrogens (tertiary/aromatic N) is 2. The quantitative estimate of drug-likeness (QED) is 0.136. The van der Waals surface area contributed by atoms with Crippen LogP contribution >= 0.6 is 27.5 Å². The van der Waals surface area contributed by atoms with E-state index < -0.39 is 22.5 Å². The Morgan fingerprint density at radius 3 is 2.30 bits per heavy atom. The molecule has 224 valence electrons. The van der Waals surface area contributed by atoms with Gasteiger partial charge in [-0.25, -0.2) is 13.8 Å². The molecule has 8 nitrogen and oxygen atoms in total. The van der Waals surface area contributed by atoms with Crippen molar-refractivity contribution >= 4 is 55.4 Å². The van der Waals surface area contributed by atoms with Crippen LogP contribution in [0.15, 0.2) is 93.3 Å². The van der Waals surface area contributed by atoms with Gasteiger partial charge in [-0.2, -0.15) is 5.10 Å². The van der Waals surface area contributed by atoms with Gasteiger partial charge in [0.15, 0.2) is 11.5 Å². The van der Waals surface area contributed by atoms with Crippen LogP contribution in [0.25, 0.3) is 0 Å². The van der Waals surface area contributed by atoms with E-state index in [0.29, 0.717) is 32.2 Å². The third-order valence-electron chi connectivity index (χ3n) is 6.38. The lowest BCUT2D eigenvalue weighted by Crippen LogP contribution is -2.39. The Labute approximate surface area is 265 Å². The zero-order valence-corrected chi connectivity index (χ0v) is 27.3. The standard InChI is InChI=1S/C32H31BrClN3O5S/c1-21-9-11-27(12-10-21)43(39,40)37(26-14-22(2)13-23(3)15-26)19-31(38)36-35-18-24-16-28(33)32(30(17-24)41-4)42-20-25-7-5-6-8-29(25)34/h5-18H,19-20H2,1-4H3,(H,36,38)/b35-18-. The minimum absolute atomic E-state index is 0.0855.